The molecular weight excluding hydrogens is 309 g/mol. The van der Waals surface area contributed by atoms with Gasteiger partial charge in [0.05, 0.1) is 5.69 Å². The van der Waals surface area contributed by atoms with Gasteiger partial charge in [0.2, 0.25) is 0 Å². The maximum absolute atomic E-state index is 13.4. The minimum Gasteiger partial charge on any atom is -0.488 e. The Kier molecular flexibility index (Phi) is 3.16. The highest BCUT2D eigenvalue weighted by Gasteiger charge is 2.28. The van der Waals surface area contributed by atoms with Gasteiger partial charge in [-0.05, 0) is 42.3 Å². The van der Waals surface area contributed by atoms with Crippen molar-refractivity contribution in [3.05, 3.63) is 65.1 Å². The molecule has 1 aliphatic heterocycles. The summed E-state index contributed by atoms with van der Waals surface area (Å²) >= 11 is 0. The second-order valence-electron chi connectivity index (χ2n) is 5.78. The zero-order valence-electron chi connectivity index (χ0n) is 12.9. The van der Waals surface area contributed by atoms with Crippen LogP contribution in [0.15, 0.2) is 42.5 Å². The lowest BCUT2D eigenvalue weighted by atomic mass is 9.94. The van der Waals surface area contributed by atoms with Gasteiger partial charge in [-0.1, -0.05) is 18.2 Å². The summed E-state index contributed by atoms with van der Waals surface area (Å²) in [6.07, 6.45) is 0. The van der Waals surface area contributed by atoms with Crippen molar-refractivity contribution in [1.82, 2.24) is 4.98 Å². The van der Waals surface area contributed by atoms with E-state index in [2.05, 4.69) is 4.98 Å². The van der Waals surface area contributed by atoms with Crippen molar-refractivity contribution in [3.8, 4) is 28.1 Å². The predicted molar refractivity (Wildman–Crippen MR) is 87.7 cm³/mol. The monoisotopic (exact) mass is 323 g/mol. The molecule has 0 atom stereocenters. The summed E-state index contributed by atoms with van der Waals surface area (Å²) in [6, 6.07) is 11.8. The molecule has 4 rings (SSSR count). The fourth-order valence-corrected chi connectivity index (χ4v) is 3.23. The van der Waals surface area contributed by atoms with Crippen molar-refractivity contribution in [1.29, 1.82) is 0 Å². The van der Waals surface area contributed by atoms with Crippen LogP contribution in [0.5, 0.6) is 5.75 Å². The molecule has 2 aromatic carbocycles. The van der Waals surface area contributed by atoms with E-state index in [4.69, 9.17) is 4.74 Å². The van der Waals surface area contributed by atoms with Crippen molar-refractivity contribution < 1.29 is 19.0 Å². The van der Waals surface area contributed by atoms with E-state index in [0.29, 0.717) is 22.4 Å². The molecule has 5 heteroatoms. The van der Waals surface area contributed by atoms with Gasteiger partial charge in [-0.2, -0.15) is 0 Å². The highest BCUT2D eigenvalue weighted by Crippen LogP contribution is 2.43. The Hall–Kier alpha value is -3.08. The molecule has 0 spiro atoms. The SMILES string of the molecule is Cc1cc(F)ccc1-c1c(C(=O)O)[nH]c2c1COc1ccccc1-2. The van der Waals surface area contributed by atoms with Crippen molar-refractivity contribution in [2.24, 2.45) is 0 Å². The number of aromatic nitrogens is 1. The molecule has 0 saturated heterocycles. The second kappa shape index (κ2) is 5.23. The van der Waals surface area contributed by atoms with E-state index >= 15 is 0 Å². The topological polar surface area (TPSA) is 62.3 Å². The number of aromatic carboxylic acids is 1. The normalized spacial score (nSPS) is 12.2. The van der Waals surface area contributed by atoms with E-state index in [1.54, 1.807) is 13.0 Å². The van der Waals surface area contributed by atoms with E-state index in [9.17, 15) is 14.3 Å². The van der Waals surface area contributed by atoms with Crippen molar-refractivity contribution in [2.45, 2.75) is 13.5 Å². The van der Waals surface area contributed by atoms with E-state index in [-0.39, 0.29) is 18.1 Å². The molecule has 0 bridgehead atoms. The van der Waals surface area contributed by atoms with Gasteiger partial charge >= 0.3 is 5.97 Å². The van der Waals surface area contributed by atoms with Gasteiger partial charge in [-0.3, -0.25) is 0 Å². The maximum atomic E-state index is 13.4. The van der Waals surface area contributed by atoms with Crippen LogP contribution >= 0.6 is 0 Å². The molecular formula is C19H14FNO3. The molecule has 4 nitrogen and oxygen atoms in total. The first-order valence-corrected chi connectivity index (χ1v) is 7.53. The van der Waals surface area contributed by atoms with Gasteiger partial charge in [0.25, 0.3) is 0 Å². The Morgan fingerprint density at radius 2 is 2.00 bits per heavy atom. The number of halogens is 1. The summed E-state index contributed by atoms with van der Waals surface area (Å²) < 4.78 is 19.2. The lowest BCUT2D eigenvalue weighted by Gasteiger charge is -2.19. The van der Waals surface area contributed by atoms with E-state index < -0.39 is 5.97 Å². The van der Waals surface area contributed by atoms with Crippen molar-refractivity contribution in [2.75, 3.05) is 0 Å². The highest BCUT2D eigenvalue weighted by molar-refractivity contribution is 5.99. The molecule has 1 aliphatic rings. The van der Waals surface area contributed by atoms with Gasteiger partial charge in [0.1, 0.15) is 23.9 Å². The number of carboxylic acid groups (broad SMARTS) is 1. The van der Waals surface area contributed by atoms with Crippen LogP contribution in [0.3, 0.4) is 0 Å². The molecule has 0 unspecified atom stereocenters. The van der Waals surface area contributed by atoms with Gasteiger partial charge in [0.15, 0.2) is 0 Å². The zero-order chi connectivity index (χ0) is 16.8. The number of ether oxygens (including phenoxy) is 1. The number of aromatic amines is 1. The summed E-state index contributed by atoms with van der Waals surface area (Å²) in [5.74, 6) is -0.690. The largest absolute Gasteiger partial charge is 0.488 e. The van der Waals surface area contributed by atoms with Crippen LogP contribution in [0.2, 0.25) is 0 Å². The van der Waals surface area contributed by atoms with Crippen molar-refractivity contribution in [3.63, 3.8) is 0 Å². The summed E-state index contributed by atoms with van der Waals surface area (Å²) in [5, 5.41) is 9.62. The number of carboxylic acids is 1. The maximum Gasteiger partial charge on any atom is 0.352 e. The Morgan fingerprint density at radius 3 is 2.75 bits per heavy atom. The molecule has 0 amide bonds. The summed E-state index contributed by atoms with van der Waals surface area (Å²) in [4.78, 5) is 14.8. The van der Waals surface area contributed by atoms with Crippen LogP contribution in [-0.4, -0.2) is 16.1 Å². The first-order valence-electron chi connectivity index (χ1n) is 7.53. The predicted octanol–water partition coefficient (Wildman–Crippen LogP) is 4.39. The van der Waals surface area contributed by atoms with Gasteiger partial charge in [0, 0.05) is 16.7 Å². The lowest BCUT2D eigenvalue weighted by Crippen LogP contribution is -2.05. The number of H-pyrrole nitrogens is 1. The highest BCUT2D eigenvalue weighted by atomic mass is 19.1. The Labute approximate surface area is 137 Å². The third kappa shape index (κ3) is 2.09. The Bertz CT molecular complexity index is 975. The third-order valence-corrected chi connectivity index (χ3v) is 4.30. The molecule has 2 heterocycles. The third-order valence-electron chi connectivity index (χ3n) is 4.30. The van der Waals surface area contributed by atoms with Gasteiger partial charge in [-0.25, -0.2) is 9.18 Å². The molecule has 24 heavy (non-hydrogen) atoms. The molecule has 2 N–H and O–H groups in total. The number of rotatable bonds is 2. The molecule has 0 aliphatic carbocycles. The first kappa shape index (κ1) is 14.5. The number of nitrogens with one attached hydrogen (secondary N) is 1. The number of benzene rings is 2. The van der Waals surface area contributed by atoms with Crippen LogP contribution in [0.25, 0.3) is 22.4 Å². The van der Waals surface area contributed by atoms with Gasteiger partial charge in [-0.15, -0.1) is 0 Å². The van der Waals surface area contributed by atoms with Crippen LogP contribution in [0, 0.1) is 12.7 Å². The number of aryl methyl sites for hydroxylation is 1. The molecule has 0 saturated carbocycles. The van der Waals surface area contributed by atoms with Crippen LogP contribution in [-0.2, 0) is 6.61 Å². The van der Waals surface area contributed by atoms with Crippen LogP contribution in [0.1, 0.15) is 21.6 Å². The second-order valence-corrected chi connectivity index (χ2v) is 5.78. The van der Waals surface area contributed by atoms with Gasteiger partial charge < -0.3 is 14.8 Å². The minimum absolute atomic E-state index is 0.0926. The Balaban J connectivity index is 2.02. The standard InChI is InChI=1S/C19H14FNO3/c1-10-8-11(20)6-7-12(10)16-14-9-24-15-5-3-2-4-13(15)17(14)21-18(16)19(22)23/h2-8,21H,9H2,1H3,(H,22,23). The average molecular weight is 323 g/mol. The summed E-state index contributed by atoms with van der Waals surface area (Å²) in [5.41, 5.74) is 4.37. The number of fused-ring (bicyclic) bond motifs is 3. The fourth-order valence-electron chi connectivity index (χ4n) is 3.23. The molecule has 3 aromatic rings. The Morgan fingerprint density at radius 1 is 1.21 bits per heavy atom. The lowest BCUT2D eigenvalue weighted by molar-refractivity contribution is 0.0692. The molecule has 1 aromatic heterocycles. The van der Waals surface area contributed by atoms with E-state index in [1.165, 1.54) is 12.1 Å². The van der Waals surface area contributed by atoms with Crippen molar-refractivity contribution >= 4 is 5.97 Å². The summed E-state index contributed by atoms with van der Waals surface area (Å²) in [7, 11) is 0. The first-order chi connectivity index (χ1) is 11.6. The zero-order valence-corrected chi connectivity index (χ0v) is 12.9. The molecule has 120 valence electrons. The average Bonchev–Trinajstić information content (AvgIpc) is 2.95. The minimum atomic E-state index is -1.05. The van der Waals surface area contributed by atoms with Crippen LogP contribution < -0.4 is 4.74 Å². The number of carbonyl (C=O) groups is 1. The smallest absolute Gasteiger partial charge is 0.352 e. The van der Waals surface area contributed by atoms with E-state index in [0.717, 1.165) is 16.8 Å². The molecule has 0 fully saturated rings. The van der Waals surface area contributed by atoms with Crippen LogP contribution in [0.4, 0.5) is 4.39 Å². The number of para-hydroxylation sites is 1. The quantitative estimate of drug-likeness (QED) is 0.735. The summed E-state index contributed by atoms with van der Waals surface area (Å²) in [6.45, 7) is 2.03. The number of hydrogen-bond acceptors (Lipinski definition) is 2. The molecule has 0 radical (unpaired) electrons. The fraction of sp³-hybridized carbons (Fsp3) is 0.105. The number of hydrogen-bond donors (Lipinski definition) is 2. The van der Waals surface area contributed by atoms with E-state index in [1.807, 2.05) is 24.3 Å².